The maximum atomic E-state index is 11.4. The zero-order valence-corrected chi connectivity index (χ0v) is 10.8. The fraction of sp³-hybridized carbons (Fsp3) is 0.778. The first-order valence-electron chi connectivity index (χ1n) is 4.82. The average Bonchev–Trinajstić information content (AvgIpc) is 2.63. The molecule has 0 radical (unpaired) electrons. The van der Waals surface area contributed by atoms with Gasteiger partial charge < -0.3 is 0 Å². The Balaban J connectivity index is 2.49. The number of hydrogen-bond donors (Lipinski definition) is 2. The van der Waals surface area contributed by atoms with Gasteiger partial charge in [0, 0.05) is 0 Å². The molecule has 15 heavy (non-hydrogen) atoms. The Hall–Kier alpha value is -0.370. The standard InChI is InChI=1S/C9H16IN2O3/c1-15-9(14)7(5-10-11)4-6-2-3-12-8(6)13/h6-7H,2-5,11H2,1H3,(H,12,13)/q-1/t6-,7+/m0/s1. The second kappa shape index (κ2) is 6.26. The number of esters is 1. The van der Waals surface area contributed by atoms with Crippen LogP contribution in [0, 0.1) is 11.8 Å². The number of rotatable bonds is 5. The van der Waals surface area contributed by atoms with E-state index in [0.717, 1.165) is 13.0 Å². The van der Waals surface area contributed by atoms with Crippen LogP contribution in [0.4, 0.5) is 0 Å². The van der Waals surface area contributed by atoms with Crippen LogP contribution in [0.5, 0.6) is 0 Å². The second-order valence-corrected chi connectivity index (χ2v) is 5.30. The second-order valence-electron chi connectivity index (χ2n) is 3.54. The van der Waals surface area contributed by atoms with Gasteiger partial charge in [-0.1, -0.05) is 0 Å². The molecule has 3 N–H and O–H groups in total. The predicted molar refractivity (Wildman–Crippen MR) is 50.3 cm³/mol. The van der Waals surface area contributed by atoms with Crippen molar-refractivity contribution in [2.24, 2.45) is 15.8 Å². The van der Waals surface area contributed by atoms with E-state index >= 15 is 0 Å². The number of nitrogens with one attached hydrogen (secondary N) is 1. The zero-order chi connectivity index (χ0) is 11.3. The first-order valence-corrected chi connectivity index (χ1v) is 7.59. The third-order valence-electron chi connectivity index (χ3n) is 2.54. The summed E-state index contributed by atoms with van der Waals surface area (Å²) in [6.45, 7) is 0.717. The average molecular weight is 327 g/mol. The summed E-state index contributed by atoms with van der Waals surface area (Å²) in [4.78, 5) is 22.7. The molecule has 6 heteroatoms. The third-order valence-corrected chi connectivity index (χ3v) is 4.11. The van der Waals surface area contributed by atoms with Crippen LogP contribution in [0.15, 0.2) is 0 Å². The molecular formula is C9H16IN2O3-. The van der Waals surface area contributed by atoms with Crippen molar-refractivity contribution in [3.63, 3.8) is 0 Å². The van der Waals surface area contributed by atoms with Gasteiger partial charge >= 0.3 is 99.7 Å². The Bertz CT molecular complexity index is 248. The van der Waals surface area contributed by atoms with E-state index in [-0.39, 0.29) is 23.7 Å². The summed E-state index contributed by atoms with van der Waals surface area (Å²) in [5.74, 6) is -0.412. The van der Waals surface area contributed by atoms with Crippen LogP contribution in [0.2, 0.25) is 0 Å². The van der Waals surface area contributed by atoms with Gasteiger partial charge in [-0.25, -0.2) is 0 Å². The Kier molecular flexibility index (Phi) is 5.30. The summed E-state index contributed by atoms with van der Waals surface area (Å²) in [6.07, 6.45) is 1.39. The first kappa shape index (κ1) is 12.7. The topological polar surface area (TPSA) is 81.4 Å². The summed E-state index contributed by atoms with van der Waals surface area (Å²) in [6, 6.07) is 0. The van der Waals surface area contributed by atoms with E-state index in [1.807, 2.05) is 0 Å². The number of halogens is 1. The summed E-state index contributed by atoms with van der Waals surface area (Å²) in [7, 11) is 1.37. The molecule has 0 unspecified atom stereocenters. The van der Waals surface area contributed by atoms with Crippen LogP contribution < -0.4 is 30.7 Å². The van der Waals surface area contributed by atoms with E-state index in [1.165, 1.54) is 7.11 Å². The molecule has 5 nitrogen and oxygen atoms in total. The van der Waals surface area contributed by atoms with E-state index in [4.69, 9.17) is 8.68 Å². The Morgan fingerprint density at radius 2 is 2.53 bits per heavy atom. The third kappa shape index (κ3) is 3.60. The molecule has 2 atom stereocenters. The fourth-order valence-corrected chi connectivity index (χ4v) is 3.04. The van der Waals surface area contributed by atoms with Crippen LogP contribution >= 0.6 is 0 Å². The van der Waals surface area contributed by atoms with Gasteiger partial charge in [-0.05, 0) is 0 Å². The minimum absolute atomic E-state index is 0.0374. The van der Waals surface area contributed by atoms with Gasteiger partial charge in [-0.2, -0.15) is 0 Å². The molecule has 1 aliphatic rings. The normalized spacial score (nSPS) is 22.5. The van der Waals surface area contributed by atoms with E-state index in [9.17, 15) is 9.59 Å². The van der Waals surface area contributed by atoms with Crippen molar-refractivity contribution in [1.29, 1.82) is 0 Å². The molecule has 0 aromatic rings. The predicted octanol–water partition coefficient (Wildman–Crippen LogP) is -3.74. The van der Waals surface area contributed by atoms with Crippen LogP contribution in [-0.4, -0.2) is 30.0 Å². The molecule has 1 fully saturated rings. The van der Waals surface area contributed by atoms with Gasteiger partial charge in [0.2, 0.25) is 0 Å². The first-order chi connectivity index (χ1) is 7.19. The summed E-state index contributed by atoms with van der Waals surface area (Å²) < 4.78 is 10.9. The fourth-order valence-electron chi connectivity index (χ4n) is 1.71. The van der Waals surface area contributed by atoms with E-state index < -0.39 is 21.5 Å². The number of nitrogens with two attached hydrogens (primary N) is 1. The Morgan fingerprint density at radius 1 is 1.80 bits per heavy atom. The minimum atomic E-state index is -0.442. The van der Waals surface area contributed by atoms with E-state index in [0.29, 0.717) is 10.8 Å². The van der Waals surface area contributed by atoms with Gasteiger partial charge in [0.05, 0.1) is 0 Å². The number of carbonyl (C=O) groups excluding carboxylic acids is 2. The molecule has 1 heterocycles. The van der Waals surface area contributed by atoms with Crippen LogP contribution in [0.1, 0.15) is 12.8 Å². The summed E-state index contributed by atoms with van der Waals surface area (Å²) in [5.41, 5.74) is 0. The maximum absolute atomic E-state index is 11.4. The van der Waals surface area contributed by atoms with E-state index in [2.05, 4.69) is 5.32 Å². The van der Waals surface area contributed by atoms with Crippen molar-refractivity contribution in [3.8, 4) is 0 Å². The molecule has 0 aromatic carbocycles. The van der Waals surface area contributed by atoms with Crippen LogP contribution in [0.25, 0.3) is 0 Å². The Labute approximate surface area is 99.7 Å². The number of carbonyl (C=O) groups is 2. The van der Waals surface area contributed by atoms with Gasteiger partial charge in [0.25, 0.3) is 0 Å². The molecule has 0 aromatic heterocycles. The van der Waals surface area contributed by atoms with Crippen molar-refractivity contribution in [2.75, 3.05) is 18.1 Å². The molecule has 0 bridgehead atoms. The molecule has 88 valence electrons. The SMILES string of the molecule is COC(=O)[C@@H](C[I-]N)C[C@@H]1CCNC1=O. The molecule has 1 rings (SSSR count). The van der Waals surface area contributed by atoms with E-state index in [1.54, 1.807) is 0 Å². The molecule has 1 amide bonds. The number of alkyl halides is 1. The monoisotopic (exact) mass is 327 g/mol. The van der Waals surface area contributed by atoms with Crippen molar-refractivity contribution in [2.45, 2.75) is 12.8 Å². The zero-order valence-electron chi connectivity index (χ0n) is 8.66. The molecule has 1 saturated heterocycles. The quantitative estimate of drug-likeness (QED) is 0.235. The Morgan fingerprint density at radius 3 is 3.00 bits per heavy atom. The molecular weight excluding hydrogens is 311 g/mol. The van der Waals surface area contributed by atoms with Crippen molar-refractivity contribution in [3.05, 3.63) is 0 Å². The number of ether oxygens (including phenoxy) is 1. The summed E-state index contributed by atoms with van der Waals surface area (Å²) >= 11 is -0.442. The van der Waals surface area contributed by atoms with Crippen molar-refractivity contribution in [1.82, 2.24) is 5.32 Å². The van der Waals surface area contributed by atoms with Crippen LogP contribution in [0.3, 0.4) is 0 Å². The molecule has 0 aliphatic carbocycles. The number of methoxy groups -OCH3 is 1. The molecule has 1 aliphatic heterocycles. The molecule has 0 spiro atoms. The van der Waals surface area contributed by atoms with Crippen molar-refractivity contribution < 1.29 is 35.8 Å². The van der Waals surface area contributed by atoms with Gasteiger partial charge in [-0.3, -0.25) is 0 Å². The number of hydrogen-bond acceptors (Lipinski definition) is 4. The van der Waals surface area contributed by atoms with Gasteiger partial charge in [-0.15, -0.1) is 0 Å². The van der Waals surface area contributed by atoms with Gasteiger partial charge in [0.1, 0.15) is 0 Å². The van der Waals surface area contributed by atoms with Crippen molar-refractivity contribution >= 4 is 11.9 Å². The molecule has 0 saturated carbocycles. The van der Waals surface area contributed by atoms with Gasteiger partial charge in [0.15, 0.2) is 0 Å². The van der Waals surface area contributed by atoms with Crippen LogP contribution in [-0.2, 0) is 14.3 Å². The number of amides is 1. The summed E-state index contributed by atoms with van der Waals surface area (Å²) in [5, 5.41) is 2.76.